The van der Waals surface area contributed by atoms with Gasteiger partial charge < -0.3 is 18.9 Å². The van der Waals surface area contributed by atoms with E-state index in [1.54, 1.807) is 6.07 Å². The lowest BCUT2D eigenvalue weighted by Gasteiger charge is -2.21. The van der Waals surface area contributed by atoms with Crippen molar-refractivity contribution in [1.29, 1.82) is 0 Å². The first-order valence-electron chi connectivity index (χ1n) is 21.4. The van der Waals surface area contributed by atoms with Crippen LogP contribution in [0.1, 0.15) is 99.2 Å². The van der Waals surface area contributed by atoms with Crippen LogP contribution in [0.4, 0.5) is 0 Å². The minimum atomic E-state index is -0.341. The fourth-order valence-electron chi connectivity index (χ4n) is 6.73. The van der Waals surface area contributed by atoms with Crippen molar-refractivity contribution in [3.63, 3.8) is 0 Å². The molecule has 0 aliphatic heterocycles. The van der Waals surface area contributed by atoms with Crippen molar-refractivity contribution in [2.75, 3.05) is 26.4 Å². The highest BCUT2D eigenvalue weighted by Gasteiger charge is 2.19. The largest absolute Gasteiger partial charge is 0.493 e. The van der Waals surface area contributed by atoms with Crippen molar-refractivity contribution in [2.45, 2.75) is 79.6 Å². The van der Waals surface area contributed by atoms with Crippen LogP contribution in [0.2, 0.25) is 0 Å². The van der Waals surface area contributed by atoms with E-state index in [4.69, 9.17) is 25.8 Å². The molecule has 0 N–H and O–H groups in total. The van der Waals surface area contributed by atoms with Gasteiger partial charge >= 0.3 is 0 Å². The Labute approximate surface area is 317 Å². The van der Waals surface area contributed by atoms with Crippen LogP contribution in [0.25, 0.3) is 21.5 Å². The van der Waals surface area contributed by atoms with Gasteiger partial charge in [0.25, 0.3) is 0 Å². The summed E-state index contributed by atoms with van der Waals surface area (Å²) in [6.45, 7) is 12.8. The first-order chi connectivity index (χ1) is 27.6. The van der Waals surface area contributed by atoms with E-state index < -0.39 is 0 Å². The SMILES string of the molecule is [2H]c1c([2H])c([2H])c2c(c([2H])cc3cc(Cc4cccc(Cc5cccc(Cc6cccc(C)c6OCCC)c5OCCC)c4OCCC)c(OCCC)cc32)c1[2H]. The third kappa shape index (κ3) is 8.56. The van der Waals surface area contributed by atoms with Crippen molar-refractivity contribution in [3.05, 3.63) is 142 Å². The summed E-state index contributed by atoms with van der Waals surface area (Å²) in [6.07, 6.45) is 5.25. The maximum Gasteiger partial charge on any atom is 0.126 e. The van der Waals surface area contributed by atoms with Crippen molar-refractivity contribution < 1.29 is 25.8 Å². The van der Waals surface area contributed by atoms with Gasteiger partial charge in [-0.25, -0.2) is 0 Å². The van der Waals surface area contributed by atoms with Gasteiger partial charge in [-0.3, -0.25) is 0 Å². The van der Waals surface area contributed by atoms with E-state index in [-0.39, 0.29) is 35.6 Å². The van der Waals surface area contributed by atoms with Crippen LogP contribution in [0.15, 0.2) is 103 Å². The summed E-state index contributed by atoms with van der Waals surface area (Å²) in [5.74, 6) is 3.32. The van der Waals surface area contributed by atoms with Crippen LogP contribution >= 0.6 is 0 Å². The van der Waals surface area contributed by atoms with E-state index in [2.05, 4.69) is 82.3 Å². The highest BCUT2D eigenvalue weighted by Crippen LogP contribution is 2.38. The molecule has 0 amide bonds. The predicted molar refractivity (Wildman–Crippen MR) is 217 cm³/mol. The summed E-state index contributed by atoms with van der Waals surface area (Å²) in [7, 11) is 0. The third-order valence-corrected chi connectivity index (χ3v) is 9.17. The fraction of sp³-hybridized carbons (Fsp3) is 0.333. The highest BCUT2D eigenvalue weighted by molar-refractivity contribution is 6.08. The fourth-order valence-corrected chi connectivity index (χ4v) is 6.73. The van der Waals surface area contributed by atoms with Crippen molar-refractivity contribution in [2.24, 2.45) is 0 Å². The maximum absolute atomic E-state index is 8.82. The molecule has 0 aliphatic rings. The minimum Gasteiger partial charge on any atom is -0.493 e. The number of para-hydroxylation sites is 3. The quantitative estimate of drug-likeness (QED) is 0.0837. The summed E-state index contributed by atoms with van der Waals surface area (Å²) >= 11 is 0. The molecule has 0 unspecified atom stereocenters. The Hall–Kier alpha value is -4.96. The molecule has 6 rings (SSSR count). The Kier molecular flexibility index (Phi) is 10.6. The second kappa shape index (κ2) is 18.0. The van der Waals surface area contributed by atoms with Crippen LogP contribution in [-0.2, 0) is 19.3 Å². The molecular weight excluding hydrogens is 641 g/mol. The van der Waals surface area contributed by atoms with Gasteiger partial charge in [0.05, 0.1) is 33.3 Å². The molecule has 0 spiro atoms. The summed E-state index contributed by atoms with van der Waals surface area (Å²) in [4.78, 5) is 0. The van der Waals surface area contributed by atoms with Gasteiger partial charge in [-0.05, 0) is 105 Å². The van der Waals surface area contributed by atoms with Gasteiger partial charge in [-0.2, -0.15) is 0 Å². The van der Waals surface area contributed by atoms with Crippen LogP contribution in [0.5, 0.6) is 23.0 Å². The summed E-state index contributed by atoms with van der Waals surface area (Å²) < 4.78 is 68.5. The van der Waals surface area contributed by atoms with E-state index in [1.165, 1.54) is 0 Å². The first-order valence-corrected chi connectivity index (χ1v) is 18.9. The molecule has 0 bridgehead atoms. The average Bonchev–Trinajstić information content (AvgIpc) is 3.20. The van der Waals surface area contributed by atoms with E-state index in [1.807, 2.05) is 19.1 Å². The van der Waals surface area contributed by atoms with Crippen LogP contribution in [0, 0.1) is 6.92 Å². The molecule has 52 heavy (non-hydrogen) atoms. The molecule has 4 heteroatoms. The predicted octanol–water partition coefficient (Wildman–Crippen LogP) is 12.2. The highest BCUT2D eigenvalue weighted by atomic mass is 16.5. The average molecular weight is 700 g/mol. The zero-order chi connectivity index (χ0) is 40.6. The molecule has 0 saturated carbocycles. The number of ether oxygens (including phenoxy) is 4. The lowest BCUT2D eigenvalue weighted by molar-refractivity contribution is 0.306. The zero-order valence-corrected chi connectivity index (χ0v) is 31.3. The Morgan fingerprint density at radius 2 is 0.942 bits per heavy atom. The maximum atomic E-state index is 8.82. The molecule has 0 aromatic heterocycles. The summed E-state index contributed by atoms with van der Waals surface area (Å²) in [5, 5.41) is 1.89. The lowest BCUT2D eigenvalue weighted by atomic mass is 9.93. The molecule has 0 atom stereocenters. The lowest BCUT2D eigenvalue weighted by Crippen LogP contribution is -2.08. The molecule has 0 saturated heterocycles. The van der Waals surface area contributed by atoms with Crippen LogP contribution < -0.4 is 18.9 Å². The molecule has 6 aromatic carbocycles. The number of hydrogen-bond donors (Lipinski definition) is 0. The number of hydrogen-bond acceptors (Lipinski definition) is 4. The van der Waals surface area contributed by atoms with E-state index >= 15 is 0 Å². The second-order valence-electron chi connectivity index (χ2n) is 13.4. The van der Waals surface area contributed by atoms with Crippen molar-refractivity contribution in [1.82, 2.24) is 0 Å². The number of rotatable bonds is 18. The van der Waals surface area contributed by atoms with Gasteiger partial charge in [0.2, 0.25) is 0 Å². The van der Waals surface area contributed by atoms with Gasteiger partial charge in [0.15, 0.2) is 0 Å². The van der Waals surface area contributed by atoms with Crippen LogP contribution in [0.3, 0.4) is 0 Å². The van der Waals surface area contributed by atoms with Gasteiger partial charge in [-0.15, -0.1) is 0 Å². The molecule has 0 heterocycles. The number of aryl methyl sites for hydroxylation is 1. The van der Waals surface area contributed by atoms with Gasteiger partial charge in [0.1, 0.15) is 23.0 Å². The Bertz CT molecular complexity index is 2370. The molecule has 270 valence electrons. The molecular formula is C48H54O4. The normalized spacial score (nSPS) is 12.6. The molecule has 0 aliphatic carbocycles. The molecule has 4 nitrogen and oxygen atoms in total. The number of benzene rings is 6. The first kappa shape index (κ1) is 30.6. The van der Waals surface area contributed by atoms with E-state index in [0.717, 1.165) is 87.3 Å². The number of fused-ring (bicyclic) bond motifs is 3. The Morgan fingerprint density at radius 1 is 0.462 bits per heavy atom. The minimum absolute atomic E-state index is 0.0575. The molecule has 0 fully saturated rings. The smallest absolute Gasteiger partial charge is 0.126 e. The Morgan fingerprint density at radius 3 is 1.52 bits per heavy atom. The van der Waals surface area contributed by atoms with Crippen molar-refractivity contribution >= 4 is 21.5 Å². The molecule has 0 radical (unpaired) electrons. The second-order valence-corrected chi connectivity index (χ2v) is 13.4. The van der Waals surface area contributed by atoms with Gasteiger partial charge in [0, 0.05) is 19.3 Å². The monoisotopic (exact) mass is 699 g/mol. The topological polar surface area (TPSA) is 36.9 Å². The Balaban J connectivity index is 1.43. The van der Waals surface area contributed by atoms with Gasteiger partial charge in [-0.1, -0.05) is 119 Å². The third-order valence-electron chi connectivity index (χ3n) is 9.17. The van der Waals surface area contributed by atoms with E-state index in [9.17, 15) is 0 Å². The zero-order valence-electron chi connectivity index (χ0n) is 36.3. The van der Waals surface area contributed by atoms with E-state index in [0.29, 0.717) is 62.2 Å². The van der Waals surface area contributed by atoms with Crippen LogP contribution in [-0.4, -0.2) is 26.4 Å². The summed E-state index contributed by atoms with van der Waals surface area (Å²) in [6, 6.07) is 23.6. The summed E-state index contributed by atoms with van der Waals surface area (Å²) in [5.41, 5.74) is 7.41. The van der Waals surface area contributed by atoms with Crippen molar-refractivity contribution in [3.8, 4) is 23.0 Å². The molecule has 6 aromatic rings. The standard InChI is InChI=1S/C48H54O4/c1-6-25-49-45-33-44-36(24-23-35-16-10-11-22-43(35)44)29-42(45)32-41-21-14-20-40(48(41)52-28-9-4)31-39-19-13-18-38(47(39)51-27-8-3)30-37-17-12-15-34(5)46(37)50-26-7-2/h10-24,29,33H,6-9,25-28,30-32H2,1-5H3/i10D,11D,16D,22D,23D.